The summed E-state index contributed by atoms with van der Waals surface area (Å²) in [5, 5.41) is 24.3. The average molecular weight is 645 g/mol. The molecule has 0 radical (unpaired) electrons. The lowest BCUT2D eigenvalue weighted by Gasteiger charge is -2.13. The lowest BCUT2D eigenvalue weighted by Crippen LogP contribution is -1.88. The predicted molar refractivity (Wildman–Crippen MR) is 203 cm³/mol. The summed E-state index contributed by atoms with van der Waals surface area (Å²) >= 11 is 3.67. The van der Waals surface area contributed by atoms with E-state index in [1.165, 1.54) is 51.5 Å². The molecule has 0 aliphatic rings. The molecule has 0 saturated heterocycles. The van der Waals surface area contributed by atoms with Crippen LogP contribution in [-0.4, -0.2) is 0 Å². The van der Waals surface area contributed by atoms with Gasteiger partial charge in [-0.15, -0.1) is 22.7 Å². The standard InChI is InChI=1S/C44H24N2S2/c45-25-27-16-28(26-46)18-33(17-27)29-6-5-7-30(19-29)34-20-35(31-12-14-43-39(23-31)37-8-1-3-10-41(37)47-43)22-36(21-34)32-13-15-44-40(24-32)38-9-2-4-11-42(38)48-44/h1-24H. The Balaban J connectivity index is 1.24. The van der Waals surface area contributed by atoms with Gasteiger partial charge < -0.3 is 0 Å². The van der Waals surface area contributed by atoms with Gasteiger partial charge in [0, 0.05) is 40.3 Å². The molecule has 0 aliphatic carbocycles. The highest BCUT2D eigenvalue weighted by Gasteiger charge is 2.13. The summed E-state index contributed by atoms with van der Waals surface area (Å²) in [6.07, 6.45) is 0. The molecule has 0 fully saturated rings. The Labute approximate surface area is 285 Å². The van der Waals surface area contributed by atoms with Crippen molar-refractivity contribution in [2.45, 2.75) is 0 Å². The van der Waals surface area contributed by atoms with Crippen molar-refractivity contribution in [3.8, 4) is 56.6 Å². The zero-order valence-corrected chi connectivity index (χ0v) is 27.2. The SMILES string of the molecule is N#Cc1cc(C#N)cc(-c2cccc(-c3cc(-c4ccc5sc6ccccc6c5c4)cc(-c4ccc5sc6ccccc6c5c4)c3)c2)c1. The van der Waals surface area contributed by atoms with Gasteiger partial charge >= 0.3 is 0 Å². The number of nitrogens with zero attached hydrogens (tertiary/aromatic N) is 2. The van der Waals surface area contributed by atoms with Crippen LogP contribution in [0.1, 0.15) is 11.1 Å². The fourth-order valence-corrected chi connectivity index (χ4v) is 8.91. The van der Waals surface area contributed by atoms with E-state index in [1.807, 2.05) is 40.9 Å². The monoisotopic (exact) mass is 644 g/mol. The highest BCUT2D eigenvalue weighted by atomic mass is 32.1. The molecule has 4 heteroatoms. The Morgan fingerprint density at radius 2 is 0.708 bits per heavy atom. The van der Waals surface area contributed by atoms with Gasteiger partial charge in [0.15, 0.2) is 0 Å². The van der Waals surface area contributed by atoms with Crippen LogP contribution in [0.2, 0.25) is 0 Å². The molecule has 2 aromatic heterocycles. The number of hydrogen-bond donors (Lipinski definition) is 0. The van der Waals surface area contributed by atoms with Crippen molar-refractivity contribution in [2.75, 3.05) is 0 Å². The summed E-state index contributed by atoms with van der Waals surface area (Å²) in [5.41, 5.74) is 9.60. The van der Waals surface area contributed by atoms with E-state index in [0.29, 0.717) is 11.1 Å². The molecule has 0 bridgehead atoms. The van der Waals surface area contributed by atoms with Crippen LogP contribution in [-0.2, 0) is 0 Å². The maximum Gasteiger partial charge on any atom is 0.0992 e. The van der Waals surface area contributed by atoms with E-state index in [9.17, 15) is 10.5 Å². The number of benzene rings is 7. The largest absolute Gasteiger partial charge is 0.192 e. The second kappa shape index (κ2) is 11.3. The fourth-order valence-electron chi connectivity index (χ4n) is 6.74. The van der Waals surface area contributed by atoms with Crippen molar-refractivity contribution in [3.05, 3.63) is 157 Å². The summed E-state index contributed by atoms with van der Waals surface area (Å²) in [5.74, 6) is 0. The van der Waals surface area contributed by atoms with E-state index in [-0.39, 0.29) is 0 Å². The highest BCUT2D eigenvalue weighted by Crippen LogP contribution is 2.41. The van der Waals surface area contributed by atoms with E-state index in [4.69, 9.17) is 0 Å². The minimum Gasteiger partial charge on any atom is -0.192 e. The second-order valence-electron chi connectivity index (χ2n) is 12.0. The normalized spacial score (nSPS) is 11.3. The zero-order valence-electron chi connectivity index (χ0n) is 25.6. The lowest BCUT2D eigenvalue weighted by molar-refractivity contribution is 1.44. The summed E-state index contributed by atoms with van der Waals surface area (Å²) in [6, 6.07) is 55.9. The molecule has 2 nitrogen and oxygen atoms in total. The number of rotatable bonds is 4. The number of hydrogen-bond acceptors (Lipinski definition) is 4. The first-order valence-corrected chi connectivity index (χ1v) is 17.3. The number of fused-ring (bicyclic) bond motifs is 6. The van der Waals surface area contributed by atoms with Crippen LogP contribution in [0.4, 0.5) is 0 Å². The molecule has 0 atom stereocenters. The topological polar surface area (TPSA) is 47.6 Å². The minimum absolute atomic E-state index is 0.478. The van der Waals surface area contributed by atoms with Crippen molar-refractivity contribution < 1.29 is 0 Å². The van der Waals surface area contributed by atoms with Gasteiger partial charge in [-0.05, 0) is 123 Å². The van der Waals surface area contributed by atoms with E-state index in [1.54, 1.807) is 6.07 Å². The van der Waals surface area contributed by atoms with Crippen LogP contribution in [0.5, 0.6) is 0 Å². The van der Waals surface area contributed by atoms with Crippen molar-refractivity contribution >= 4 is 63.0 Å². The van der Waals surface area contributed by atoms with Gasteiger partial charge in [-0.1, -0.05) is 66.7 Å². The summed E-state index contributed by atoms with van der Waals surface area (Å²) in [7, 11) is 0. The molecule has 222 valence electrons. The smallest absolute Gasteiger partial charge is 0.0992 e. The molecule has 0 saturated carbocycles. The van der Waals surface area contributed by atoms with Crippen LogP contribution in [0, 0.1) is 22.7 Å². The molecule has 0 N–H and O–H groups in total. The molecule has 0 spiro atoms. The lowest BCUT2D eigenvalue weighted by atomic mass is 9.91. The molecule has 48 heavy (non-hydrogen) atoms. The van der Waals surface area contributed by atoms with Crippen molar-refractivity contribution in [3.63, 3.8) is 0 Å². The molecule has 9 rings (SSSR count). The quantitative estimate of drug-likeness (QED) is 0.191. The first-order chi connectivity index (χ1) is 23.6. The van der Waals surface area contributed by atoms with Crippen LogP contribution in [0.15, 0.2) is 146 Å². The highest BCUT2D eigenvalue weighted by molar-refractivity contribution is 7.26. The Morgan fingerprint density at radius 3 is 1.19 bits per heavy atom. The Morgan fingerprint density at radius 1 is 0.312 bits per heavy atom. The van der Waals surface area contributed by atoms with Crippen molar-refractivity contribution in [1.29, 1.82) is 10.5 Å². The third kappa shape index (κ3) is 4.84. The predicted octanol–water partition coefficient (Wildman–Crippen LogP) is 12.8. The molecule has 9 aromatic rings. The molecule has 0 amide bonds. The first-order valence-electron chi connectivity index (χ1n) is 15.7. The first kappa shape index (κ1) is 28.2. The van der Waals surface area contributed by atoms with Crippen molar-refractivity contribution in [1.82, 2.24) is 0 Å². The fraction of sp³-hybridized carbons (Fsp3) is 0. The summed E-state index contributed by atoms with van der Waals surface area (Å²) < 4.78 is 5.17. The third-order valence-electron chi connectivity index (χ3n) is 9.07. The maximum absolute atomic E-state index is 9.60. The van der Waals surface area contributed by atoms with Crippen LogP contribution in [0.25, 0.3) is 84.9 Å². The zero-order chi connectivity index (χ0) is 32.2. The molecular formula is C44H24N2S2. The van der Waals surface area contributed by atoms with E-state index >= 15 is 0 Å². The van der Waals surface area contributed by atoms with Gasteiger partial charge in [-0.2, -0.15) is 10.5 Å². The van der Waals surface area contributed by atoms with Crippen LogP contribution < -0.4 is 0 Å². The van der Waals surface area contributed by atoms with E-state index in [2.05, 4.69) is 133 Å². The van der Waals surface area contributed by atoms with Gasteiger partial charge in [-0.3, -0.25) is 0 Å². The van der Waals surface area contributed by atoms with Gasteiger partial charge in [0.05, 0.1) is 23.3 Å². The second-order valence-corrected chi connectivity index (χ2v) is 14.2. The third-order valence-corrected chi connectivity index (χ3v) is 11.4. The Kier molecular flexibility index (Phi) is 6.66. The summed E-state index contributed by atoms with van der Waals surface area (Å²) in [4.78, 5) is 0. The minimum atomic E-state index is 0.478. The average Bonchev–Trinajstić information content (AvgIpc) is 3.72. The Hall–Kier alpha value is -6.04. The van der Waals surface area contributed by atoms with E-state index < -0.39 is 0 Å². The summed E-state index contributed by atoms with van der Waals surface area (Å²) in [6.45, 7) is 0. The number of nitriles is 2. The number of thiophene rings is 2. The van der Waals surface area contributed by atoms with Gasteiger partial charge in [0.25, 0.3) is 0 Å². The molecule has 0 unspecified atom stereocenters. The van der Waals surface area contributed by atoms with Crippen molar-refractivity contribution in [2.24, 2.45) is 0 Å². The van der Waals surface area contributed by atoms with Gasteiger partial charge in [-0.25, -0.2) is 0 Å². The van der Waals surface area contributed by atoms with Gasteiger partial charge in [0.2, 0.25) is 0 Å². The molecular weight excluding hydrogens is 621 g/mol. The molecule has 7 aromatic carbocycles. The van der Waals surface area contributed by atoms with Gasteiger partial charge in [0.1, 0.15) is 0 Å². The van der Waals surface area contributed by atoms with Crippen LogP contribution >= 0.6 is 22.7 Å². The van der Waals surface area contributed by atoms with E-state index in [0.717, 1.165) is 33.4 Å². The maximum atomic E-state index is 9.60. The Bertz CT molecular complexity index is 2660. The molecule has 2 heterocycles. The van der Waals surface area contributed by atoms with Crippen LogP contribution in [0.3, 0.4) is 0 Å². The molecule has 0 aliphatic heterocycles.